The first kappa shape index (κ1) is 19.2. The van der Waals surface area contributed by atoms with Gasteiger partial charge in [-0.1, -0.05) is 89.0 Å². The summed E-state index contributed by atoms with van der Waals surface area (Å²) in [5, 5.41) is 4.82. The molecule has 0 aliphatic rings. The van der Waals surface area contributed by atoms with E-state index in [9.17, 15) is 4.79 Å². The Bertz CT molecular complexity index is 1150. The second-order valence-electron chi connectivity index (χ2n) is 6.27. The number of benzene rings is 3. The summed E-state index contributed by atoms with van der Waals surface area (Å²) in [5.41, 5.74) is 3.67. The zero-order valence-electron chi connectivity index (χ0n) is 15.4. The van der Waals surface area contributed by atoms with E-state index in [-0.39, 0.29) is 11.3 Å². The van der Waals surface area contributed by atoms with Gasteiger partial charge in [0.05, 0.1) is 17.2 Å². The molecule has 4 rings (SSSR count). The highest BCUT2D eigenvalue weighted by molar-refractivity contribution is 6.39. The van der Waals surface area contributed by atoms with Crippen LogP contribution in [0.3, 0.4) is 0 Å². The lowest BCUT2D eigenvalue weighted by Gasteiger charge is -2.07. The van der Waals surface area contributed by atoms with Gasteiger partial charge >= 0.3 is 5.97 Å². The maximum absolute atomic E-state index is 12.6. The Hall–Kier alpha value is -3.08. The molecule has 4 aromatic rings. The Morgan fingerprint density at radius 3 is 2.03 bits per heavy atom. The minimum atomic E-state index is -0.584. The van der Waals surface area contributed by atoms with Crippen molar-refractivity contribution in [3.8, 4) is 33.7 Å². The Labute approximate surface area is 177 Å². The van der Waals surface area contributed by atoms with Gasteiger partial charge in [0.2, 0.25) is 0 Å². The van der Waals surface area contributed by atoms with E-state index in [1.54, 1.807) is 18.2 Å². The quantitative estimate of drug-likeness (QED) is 0.339. The molecule has 0 unspecified atom stereocenters. The van der Waals surface area contributed by atoms with Crippen LogP contribution in [0.4, 0.5) is 0 Å². The summed E-state index contributed by atoms with van der Waals surface area (Å²) < 4.78 is 10.5. The van der Waals surface area contributed by atoms with Gasteiger partial charge in [0.15, 0.2) is 5.76 Å². The fourth-order valence-electron chi connectivity index (χ4n) is 3.12. The van der Waals surface area contributed by atoms with Gasteiger partial charge in [-0.15, -0.1) is 0 Å². The Balaban J connectivity index is 1.83. The minimum Gasteiger partial charge on any atom is -0.465 e. The second-order valence-corrected chi connectivity index (χ2v) is 7.08. The average molecular weight is 424 g/mol. The second kappa shape index (κ2) is 8.11. The van der Waals surface area contributed by atoms with E-state index < -0.39 is 5.97 Å². The maximum atomic E-state index is 12.6. The zero-order chi connectivity index (χ0) is 20.4. The molecule has 0 spiro atoms. The summed E-state index contributed by atoms with van der Waals surface area (Å²) in [5.74, 6) is -0.290. The molecule has 4 nitrogen and oxygen atoms in total. The molecule has 1 heterocycles. The number of methoxy groups -OCH3 is 1. The number of hydrogen-bond donors (Lipinski definition) is 0. The third-order valence-electron chi connectivity index (χ3n) is 4.54. The number of rotatable bonds is 4. The molecule has 3 aromatic carbocycles. The first-order chi connectivity index (χ1) is 14.1. The highest BCUT2D eigenvalue weighted by Gasteiger charge is 2.28. The number of halogens is 2. The number of nitrogens with zero attached hydrogens (tertiary/aromatic N) is 1. The fraction of sp³-hybridized carbons (Fsp3) is 0.0435. The lowest BCUT2D eigenvalue weighted by molar-refractivity contribution is 0.0602. The Kier molecular flexibility index (Phi) is 5.38. The van der Waals surface area contributed by atoms with Crippen molar-refractivity contribution in [2.75, 3.05) is 7.11 Å². The van der Waals surface area contributed by atoms with Gasteiger partial charge in [-0.05, 0) is 23.3 Å². The van der Waals surface area contributed by atoms with Crippen molar-refractivity contribution < 1.29 is 14.1 Å². The lowest BCUT2D eigenvalue weighted by atomic mass is 9.99. The van der Waals surface area contributed by atoms with Gasteiger partial charge in [0.1, 0.15) is 11.3 Å². The Morgan fingerprint density at radius 2 is 1.41 bits per heavy atom. The minimum absolute atomic E-state index is 0.176. The van der Waals surface area contributed by atoms with E-state index in [1.165, 1.54) is 7.11 Å². The number of aromatic nitrogens is 1. The molecule has 0 aliphatic carbocycles. The van der Waals surface area contributed by atoms with Crippen LogP contribution in [0.15, 0.2) is 77.3 Å². The molecule has 0 saturated carbocycles. The molecule has 144 valence electrons. The topological polar surface area (TPSA) is 52.3 Å². The van der Waals surface area contributed by atoms with Crippen LogP contribution >= 0.6 is 23.2 Å². The van der Waals surface area contributed by atoms with Gasteiger partial charge in [-0.25, -0.2) is 4.79 Å². The van der Waals surface area contributed by atoms with Crippen molar-refractivity contribution in [2.24, 2.45) is 0 Å². The molecule has 0 bridgehead atoms. The number of carbonyl (C=O) groups is 1. The summed E-state index contributed by atoms with van der Waals surface area (Å²) in [7, 11) is 1.30. The van der Waals surface area contributed by atoms with Crippen LogP contribution in [0.1, 0.15) is 10.4 Å². The first-order valence-electron chi connectivity index (χ1n) is 8.78. The van der Waals surface area contributed by atoms with E-state index in [4.69, 9.17) is 32.5 Å². The fourth-order valence-corrected chi connectivity index (χ4v) is 3.69. The molecule has 0 N–H and O–H groups in total. The van der Waals surface area contributed by atoms with E-state index in [0.717, 1.165) is 11.1 Å². The molecule has 29 heavy (non-hydrogen) atoms. The van der Waals surface area contributed by atoms with Crippen LogP contribution in [0.5, 0.6) is 0 Å². The van der Waals surface area contributed by atoms with Crippen molar-refractivity contribution in [3.05, 3.63) is 88.4 Å². The normalized spacial score (nSPS) is 10.7. The molecule has 0 fully saturated rings. The van der Waals surface area contributed by atoms with Gasteiger partial charge in [0.25, 0.3) is 0 Å². The van der Waals surface area contributed by atoms with Crippen molar-refractivity contribution in [1.29, 1.82) is 0 Å². The largest absolute Gasteiger partial charge is 0.465 e. The van der Waals surface area contributed by atoms with Gasteiger partial charge in [-0.2, -0.15) is 0 Å². The van der Waals surface area contributed by atoms with Gasteiger partial charge in [0, 0.05) is 11.1 Å². The van der Waals surface area contributed by atoms with Crippen LogP contribution in [0, 0.1) is 0 Å². The smallest absolute Gasteiger partial charge is 0.344 e. The van der Waals surface area contributed by atoms with Crippen LogP contribution in [-0.4, -0.2) is 18.2 Å². The van der Waals surface area contributed by atoms with E-state index >= 15 is 0 Å². The van der Waals surface area contributed by atoms with Crippen LogP contribution in [-0.2, 0) is 4.74 Å². The zero-order valence-corrected chi connectivity index (χ0v) is 16.9. The van der Waals surface area contributed by atoms with E-state index in [0.29, 0.717) is 26.9 Å². The first-order valence-corrected chi connectivity index (χ1v) is 9.54. The number of hydrogen-bond acceptors (Lipinski definition) is 4. The average Bonchev–Trinajstić information content (AvgIpc) is 3.18. The molecule has 0 amide bonds. The monoisotopic (exact) mass is 423 g/mol. The summed E-state index contributed by atoms with van der Waals surface area (Å²) >= 11 is 12.6. The molecule has 0 aliphatic heterocycles. The van der Waals surface area contributed by atoms with Gasteiger partial charge in [-0.3, -0.25) is 0 Å². The van der Waals surface area contributed by atoms with E-state index in [1.807, 2.05) is 54.6 Å². The number of carbonyl (C=O) groups excluding carboxylic acids is 1. The molecule has 0 radical (unpaired) electrons. The summed E-state index contributed by atoms with van der Waals surface area (Å²) in [4.78, 5) is 12.6. The molecular weight excluding hydrogens is 409 g/mol. The molecular formula is C23H15Cl2NO3. The third kappa shape index (κ3) is 3.65. The highest BCUT2D eigenvalue weighted by Crippen LogP contribution is 2.40. The predicted molar refractivity (Wildman–Crippen MR) is 114 cm³/mol. The molecule has 0 saturated heterocycles. The van der Waals surface area contributed by atoms with Crippen LogP contribution in [0.2, 0.25) is 10.0 Å². The SMILES string of the molecule is COC(=O)c1c(-c2c(Cl)cccc2Cl)noc1-c1ccc(-c2ccccc2)cc1. The van der Waals surface area contributed by atoms with Crippen LogP contribution in [0.25, 0.3) is 33.7 Å². The maximum Gasteiger partial charge on any atom is 0.344 e. The number of esters is 1. The lowest BCUT2D eigenvalue weighted by Crippen LogP contribution is -2.04. The van der Waals surface area contributed by atoms with Crippen molar-refractivity contribution in [1.82, 2.24) is 5.16 Å². The predicted octanol–water partition coefficient (Wildman–Crippen LogP) is 6.77. The van der Waals surface area contributed by atoms with E-state index in [2.05, 4.69) is 5.16 Å². The van der Waals surface area contributed by atoms with Crippen molar-refractivity contribution in [2.45, 2.75) is 0 Å². The standard InChI is InChI=1S/C23H15Cl2NO3/c1-28-23(27)20-21(19-17(24)8-5-9-18(19)25)26-29-22(20)16-12-10-15(11-13-16)14-6-3-2-4-7-14/h2-13H,1H3. The van der Waals surface area contributed by atoms with Gasteiger partial charge < -0.3 is 9.26 Å². The van der Waals surface area contributed by atoms with Crippen molar-refractivity contribution in [3.63, 3.8) is 0 Å². The molecule has 0 atom stereocenters. The van der Waals surface area contributed by atoms with Crippen LogP contribution < -0.4 is 0 Å². The number of ether oxygens (including phenoxy) is 1. The Morgan fingerprint density at radius 1 is 0.828 bits per heavy atom. The third-order valence-corrected chi connectivity index (χ3v) is 5.17. The summed E-state index contributed by atoms with van der Waals surface area (Å²) in [6.07, 6.45) is 0. The molecule has 1 aromatic heterocycles. The highest BCUT2D eigenvalue weighted by atomic mass is 35.5. The van der Waals surface area contributed by atoms with Crippen molar-refractivity contribution >= 4 is 29.2 Å². The summed E-state index contributed by atoms with van der Waals surface area (Å²) in [6.45, 7) is 0. The summed E-state index contributed by atoms with van der Waals surface area (Å²) in [6, 6.07) is 22.7. The molecule has 6 heteroatoms.